The number of aliphatic imine (C=N–C) groups is 1. The Bertz CT molecular complexity index is 1100. The molecule has 0 atom stereocenters. The van der Waals surface area contributed by atoms with Crippen LogP contribution in [-0.2, 0) is 4.79 Å². The molecule has 0 bridgehead atoms. The zero-order valence-corrected chi connectivity index (χ0v) is 17.2. The van der Waals surface area contributed by atoms with Gasteiger partial charge in [-0.15, -0.1) is 0 Å². The van der Waals surface area contributed by atoms with Gasteiger partial charge >= 0.3 is 0 Å². The molecule has 8 nitrogen and oxygen atoms in total. The molecule has 31 heavy (non-hydrogen) atoms. The quantitative estimate of drug-likeness (QED) is 0.301. The normalized spacial score (nSPS) is 10.6. The molecule has 0 saturated heterocycles. The van der Waals surface area contributed by atoms with Crippen LogP contribution in [0.25, 0.3) is 0 Å². The molecule has 0 aromatic heterocycles. The second-order valence-corrected chi connectivity index (χ2v) is 6.68. The van der Waals surface area contributed by atoms with E-state index >= 15 is 0 Å². The Morgan fingerprint density at radius 1 is 1.16 bits per heavy atom. The van der Waals surface area contributed by atoms with Gasteiger partial charge in [0, 0.05) is 24.0 Å². The molecule has 0 aliphatic carbocycles. The van der Waals surface area contributed by atoms with Crippen LogP contribution in [0.2, 0.25) is 5.02 Å². The molecule has 3 aromatic rings. The average molecular weight is 440 g/mol. The van der Waals surface area contributed by atoms with E-state index in [0.717, 1.165) is 0 Å². The minimum atomic E-state index is -0.475. The molecule has 0 unspecified atom stereocenters. The predicted molar refractivity (Wildman–Crippen MR) is 119 cm³/mol. The fourth-order valence-electron chi connectivity index (χ4n) is 2.62. The minimum Gasteiger partial charge on any atom is -0.493 e. The van der Waals surface area contributed by atoms with E-state index in [1.165, 1.54) is 31.4 Å². The van der Waals surface area contributed by atoms with Gasteiger partial charge in [-0.3, -0.25) is 19.9 Å². The van der Waals surface area contributed by atoms with Gasteiger partial charge in [-0.25, -0.2) is 0 Å². The van der Waals surface area contributed by atoms with E-state index in [9.17, 15) is 14.9 Å². The van der Waals surface area contributed by atoms with Crippen molar-refractivity contribution < 1.29 is 19.2 Å². The van der Waals surface area contributed by atoms with Crippen molar-refractivity contribution in [3.05, 3.63) is 87.4 Å². The van der Waals surface area contributed by atoms with Gasteiger partial charge in [0.05, 0.1) is 22.7 Å². The highest BCUT2D eigenvalue weighted by Gasteiger charge is 2.14. The Morgan fingerprint density at radius 2 is 1.87 bits per heavy atom. The summed E-state index contributed by atoms with van der Waals surface area (Å²) in [5, 5.41) is 13.7. The zero-order valence-electron chi connectivity index (χ0n) is 16.4. The number of benzene rings is 3. The molecule has 158 valence electrons. The van der Waals surface area contributed by atoms with Crippen molar-refractivity contribution in [3.8, 4) is 11.5 Å². The summed E-state index contributed by atoms with van der Waals surface area (Å²) in [6.07, 6.45) is 1.54. The maximum absolute atomic E-state index is 12.1. The lowest BCUT2D eigenvalue weighted by atomic mass is 10.2. The maximum atomic E-state index is 12.1. The summed E-state index contributed by atoms with van der Waals surface area (Å²) in [6, 6.07) is 18.1. The van der Waals surface area contributed by atoms with E-state index in [4.69, 9.17) is 21.1 Å². The molecule has 1 amide bonds. The van der Waals surface area contributed by atoms with Crippen LogP contribution < -0.4 is 14.8 Å². The van der Waals surface area contributed by atoms with Crippen molar-refractivity contribution >= 4 is 40.8 Å². The summed E-state index contributed by atoms with van der Waals surface area (Å²) in [5.41, 5.74) is 1.81. The van der Waals surface area contributed by atoms with Crippen LogP contribution in [0, 0.1) is 10.1 Å². The van der Waals surface area contributed by atoms with Crippen molar-refractivity contribution in [2.75, 3.05) is 19.0 Å². The van der Waals surface area contributed by atoms with Crippen LogP contribution in [0.4, 0.5) is 17.1 Å². The van der Waals surface area contributed by atoms with Crippen LogP contribution in [0.15, 0.2) is 71.7 Å². The van der Waals surface area contributed by atoms with E-state index < -0.39 is 4.92 Å². The Balaban J connectivity index is 1.69. The summed E-state index contributed by atoms with van der Waals surface area (Å²) < 4.78 is 10.9. The number of halogens is 1. The van der Waals surface area contributed by atoms with Gasteiger partial charge in [-0.2, -0.15) is 0 Å². The number of hydrogen-bond donors (Lipinski definition) is 1. The Morgan fingerprint density at radius 3 is 2.52 bits per heavy atom. The summed E-state index contributed by atoms with van der Waals surface area (Å²) in [5.74, 6) is 0.234. The van der Waals surface area contributed by atoms with E-state index in [0.29, 0.717) is 22.7 Å². The van der Waals surface area contributed by atoms with Gasteiger partial charge in [-0.05, 0) is 42.0 Å². The number of rotatable bonds is 8. The molecule has 3 rings (SSSR count). The molecule has 3 aromatic carbocycles. The molecule has 0 aliphatic heterocycles. The molecule has 0 spiro atoms. The molecule has 0 heterocycles. The van der Waals surface area contributed by atoms with Crippen LogP contribution in [-0.4, -0.2) is 30.8 Å². The molecule has 0 aliphatic rings. The lowest BCUT2D eigenvalue weighted by molar-refractivity contribution is -0.384. The van der Waals surface area contributed by atoms with Crippen molar-refractivity contribution in [2.45, 2.75) is 0 Å². The number of nitrogens with zero attached hydrogens (tertiary/aromatic N) is 2. The topological polar surface area (TPSA) is 103 Å². The molecule has 0 radical (unpaired) electrons. The first-order chi connectivity index (χ1) is 15.0. The zero-order chi connectivity index (χ0) is 22.2. The van der Waals surface area contributed by atoms with Crippen molar-refractivity contribution in [1.82, 2.24) is 0 Å². The van der Waals surface area contributed by atoms with Crippen molar-refractivity contribution in [3.63, 3.8) is 0 Å². The highest BCUT2D eigenvalue weighted by molar-refractivity contribution is 6.32. The van der Waals surface area contributed by atoms with E-state index in [1.807, 2.05) is 18.2 Å². The maximum Gasteiger partial charge on any atom is 0.269 e. The van der Waals surface area contributed by atoms with Crippen LogP contribution in [0.1, 0.15) is 5.56 Å². The number of carbonyl (C=O) groups is 1. The highest BCUT2D eigenvalue weighted by Crippen LogP contribution is 2.36. The smallest absolute Gasteiger partial charge is 0.269 e. The standard InChI is InChI=1S/C22H18ClN3O5/c1-30-20-12-15(13-24-16-7-9-18(10-8-16)26(28)29)11-19(23)22(20)31-14-21(27)25-17-5-3-2-4-6-17/h2-13H,14H2,1H3,(H,25,27). The number of hydrogen-bond acceptors (Lipinski definition) is 6. The second kappa shape index (κ2) is 10.2. The molecular weight excluding hydrogens is 422 g/mol. The monoisotopic (exact) mass is 439 g/mol. The average Bonchev–Trinajstić information content (AvgIpc) is 2.77. The predicted octanol–water partition coefficient (Wildman–Crippen LogP) is 5.02. The number of non-ortho nitro benzene ring substituents is 1. The lowest BCUT2D eigenvalue weighted by Crippen LogP contribution is -2.20. The van der Waals surface area contributed by atoms with Crippen LogP contribution in [0.5, 0.6) is 11.5 Å². The van der Waals surface area contributed by atoms with Gasteiger partial charge in [0.1, 0.15) is 0 Å². The number of nitrogens with one attached hydrogen (secondary N) is 1. The van der Waals surface area contributed by atoms with Gasteiger partial charge in [-0.1, -0.05) is 29.8 Å². The first-order valence-corrected chi connectivity index (χ1v) is 9.48. The molecule has 0 fully saturated rings. The molecule has 9 heteroatoms. The number of nitro benzene ring substituents is 1. The second-order valence-electron chi connectivity index (χ2n) is 6.27. The largest absolute Gasteiger partial charge is 0.493 e. The number of carbonyl (C=O) groups excluding carboxylic acids is 1. The number of nitro groups is 1. The number of ether oxygens (including phenoxy) is 2. The number of amides is 1. The Labute approximate surface area is 183 Å². The van der Waals surface area contributed by atoms with Gasteiger partial charge in [0.25, 0.3) is 11.6 Å². The summed E-state index contributed by atoms with van der Waals surface area (Å²) in [7, 11) is 1.46. The molecular formula is C22H18ClN3O5. The first kappa shape index (κ1) is 21.8. The lowest BCUT2D eigenvalue weighted by Gasteiger charge is -2.13. The van der Waals surface area contributed by atoms with E-state index in [-0.39, 0.29) is 29.0 Å². The third kappa shape index (κ3) is 6.03. The fraction of sp³-hybridized carbons (Fsp3) is 0.0909. The van der Waals surface area contributed by atoms with Crippen LogP contribution in [0.3, 0.4) is 0 Å². The van der Waals surface area contributed by atoms with Crippen LogP contribution >= 0.6 is 11.6 Å². The third-order valence-electron chi connectivity index (χ3n) is 4.08. The fourth-order valence-corrected chi connectivity index (χ4v) is 2.89. The highest BCUT2D eigenvalue weighted by atomic mass is 35.5. The van der Waals surface area contributed by atoms with Gasteiger partial charge in [0.2, 0.25) is 0 Å². The summed E-state index contributed by atoms with van der Waals surface area (Å²) in [6.45, 7) is -0.249. The minimum absolute atomic E-state index is 0.0125. The third-order valence-corrected chi connectivity index (χ3v) is 4.36. The SMILES string of the molecule is COc1cc(C=Nc2ccc([N+](=O)[O-])cc2)cc(Cl)c1OCC(=O)Nc1ccccc1. The van der Waals surface area contributed by atoms with Crippen molar-refractivity contribution in [1.29, 1.82) is 0 Å². The number of para-hydroxylation sites is 1. The number of methoxy groups -OCH3 is 1. The van der Waals surface area contributed by atoms with Gasteiger partial charge in [0.15, 0.2) is 18.1 Å². The van der Waals surface area contributed by atoms with Gasteiger partial charge < -0.3 is 14.8 Å². The van der Waals surface area contributed by atoms with E-state index in [1.54, 1.807) is 30.5 Å². The Hall–Kier alpha value is -3.91. The first-order valence-electron chi connectivity index (χ1n) is 9.10. The molecule has 0 saturated carbocycles. The summed E-state index contributed by atoms with van der Waals surface area (Å²) in [4.78, 5) is 26.6. The molecule has 1 N–H and O–H groups in total. The summed E-state index contributed by atoms with van der Waals surface area (Å²) >= 11 is 6.32. The Kier molecular flexibility index (Phi) is 7.18. The van der Waals surface area contributed by atoms with Crippen molar-refractivity contribution in [2.24, 2.45) is 4.99 Å². The van der Waals surface area contributed by atoms with E-state index in [2.05, 4.69) is 10.3 Å². The number of anilines is 1.